The van der Waals surface area contributed by atoms with Gasteiger partial charge in [0.1, 0.15) is 18.1 Å². The van der Waals surface area contributed by atoms with Crippen molar-refractivity contribution in [2.45, 2.75) is 56.3 Å². The summed E-state index contributed by atoms with van der Waals surface area (Å²) in [7, 11) is 0. The summed E-state index contributed by atoms with van der Waals surface area (Å²) in [5, 5.41) is 25.8. The Balaban J connectivity index is 2.14. The molecule has 0 fully saturated rings. The van der Waals surface area contributed by atoms with Crippen molar-refractivity contribution in [3.63, 3.8) is 0 Å². The van der Waals surface area contributed by atoms with Gasteiger partial charge in [0.2, 0.25) is 17.7 Å². The van der Waals surface area contributed by atoms with E-state index in [1.807, 2.05) is 6.26 Å². The third-order valence-corrected chi connectivity index (χ3v) is 6.09. The van der Waals surface area contributed by atoms with Crippen molar-refractivity contribution in [1.29, 1.82) is 0 Å². The lowest BCUT2D eigenvalue weighted by atomic mass is 10.1. The number of amides is 3. The minimum atomic E-state index is -1.48. The van der Waals surface area contributed by atoms with Gasteiger partial charge in [-0.05, 0) is 24.9 Å². The van der Waals surface area contributed by atoms with Crippen molar-refractivity contribution >= 4 is 41.4 Å². The third-order valence-electron chi connectivity index (χ3n) is 5.45. The van der Waals surface area contributed by atoms with Crippen LogP contribution in [0, 0.1) is 0 Å². The van der Waals surface area contributed by atoms with Crippen LogP contribution in [0.15, 0.2) is 25.0 Å². The van der Waals surface area contributed by atoms with Gasteiger partial charge in [-0.15, -0.1) is 0 Å². The molecule has 9 N–H and O–H groups in total. The molecule has 2 aromatic heterocycles. The Morgan fingerprint density at radius 1 is 0.868 bits per heavy atom. The van der Waals surface area contributed by atoms with E-state index in [2.05, 4.69) is 35.9 Å². The summed E-state index contributed by atoms with van der Waals surface area (Å²) in [4.78, 5) is 74.8. The molecular formula is C22H32N8O7S. The number of hydrogen-bond acceptors (Lipinski definition) is 9. The van der Waals surface area contributed by atoms with E-state index in [1.54, 1.807) is 0 Å². The number of aliphatic carboxylic acids is 2. The highest BCUT2D eigenvalue weighted by molar-refractivity contribution is 7.98. The second-order valence-corrected chi connectivity index (χ2v) is 9.39. The van der Waals surface area contributed by atoms with Crippen LogP contribution >= 0.6 is 11.8 Å². The molecule has 0 saturated carbocycles. The summed E-state index contributed by atoms with van der Waals surface area (Å²) in [5.74, 6) is -4.19. The second kappa shape index (κ2) is 15.4. The number of nitrogens with two attached hydrogens (primary N) is 1. The average Bonchev–Trinajstić information content (AvgIpc) is 3.57. The molecular weight excluding hydrogens is 520 g/mol. The number of H-pyrrole nitrogens is 2. The Bertz CT molecular complexity index is 1060. The van der Waals surface area contributed by atoms with E-state index in [0.717, 1.165) is 0 Å². The minimum Gasteiger partial charge on any atom is -0.481 e. The number of aromatic amines is 2. The number of nitrogens with zero attached hydrogens (tertiary/aromatic N) is 2. The van der Waals surface area contributed by atoms with Crippen LogP contribution < -0.4 is 21.7 Å². The second-order valence-electron chi connectivity index (χ2n) is 8.40. The molecule has 0 aliphatic rings. The molecule has 0 aromatic carbocycles. The van der Waals surface area contributed by atoms with Gasteiger partial charge in [-0.3, -0.25) is 19.2 Å². The maximum atomic E-state index is 13.2. The van der Waals surface area contributed by atoms with Crippen LogP contribution in [0.5, 0.6) is 0 Å². The topological polar surface area (TPSA) is 245 Å². The standard InChI is InChI=1S/C22H32N8O7S/c1-38-5-4-15(28-19(33)14(23)6-12-8-24-10-26-12)20(34)30-17(7-13-9-25-11-27-13)21(35)29-16(22(36)37)2-3-18(31)32/h8-11,14-17H,2-7,23H2,1H3,(H,24,26)(H,25,27)(H,28,33)(H,29,35)(H,30,34)(H,31,32)(H,36,37). The number of aromatic nitrogens is 4. The van der Waals surface area contributed by atoms with Gasteiger partial charge in [0.25, 0.3) is 0 Å². The monoisotopic (exact) mass is 552 g/mol. The predicted octanol–water partition coefficient (Wildman–Crippen LogP) is -1.60. The van der Waals surface area contributed by atoms with Gasteiger partial charge in [-0.1, -0.05) is 0 Å². The van der Waals surface area contributed by atoms with Gasteiger partial charge < -0.3 is 41.9 Å². The van der Waals surface area contributed by atoms with Crippen molar-refractivity contribution in [3.05, 3.63) is 36.4 Å². The number of rotatable bonds is 17. The van der Waals surface area contributed by atoms with Gasteiger partial charge >= 0.3 is 11.9 Å². The van der Waals surface area contributed by atoms with Crippen LogP contribution in [0.3, 0.4) is 0 Å². The summed E-state index contributed by atoms with van der Waals surface area (Å²) in [6.07, 6.45) is 7.15. The SMILES string of the molecule is CSCCC(NC(=O)C(N)Cc1cnc[nH]1)C(=O)NC(Cc1cnc[nH]1)C(=O)NC(CCC(=O)O)C(=O)O. The Hall–Kier alpha value is -3.92. The fourth-order valence-corrected chi connectivity index (χ4v) is 3.88. The van der Waals surface area contributed by atoms with Gasteiger partial charge in [-0.2, -0.15) is 11.8 Å². The summed E-state index contributed by atoms with van der Waals surface area (Å²) < 4.78 is 0. The highest BCUT2D eigenvalue weighted by Gasteiger charge is 2.31. The molecule has 0 aliphatic heterocycles. The van der Waals surface area contributed by atoms with E-state index in [1.165, 1.54) is 36.8 Å². The fourth-order valence-electron chi connectivity index (χ4n) is 3.40. The van der Waals surface area contributed by atoms with Crippen molar-refractivity contribution < 1.29 is 34.2 Å². The molecule has 38 heavy (non-hydrogen) atoms. The van der Waals surface area contributed by atoms with Gasteiger partial charge in [0.15, 0.2) is 0 Å². The molecule has 2 aromatic rings. The van der Waals surface area contributed by atoms with Crippen molar-refractivity contribution in [3.8, 4) is 0 Å². The average molecular weight is 553 g/mol. The lowest BCUT2D eigenvalue weighted by Crippen LogP contribution is -2.58. The van der Waals surface area contributed by atoms with E-state index in [-0.39, 0.29) is 25.7 Å². The summed E-state index contributed by atoms with van der Waals surface area (Å²) in [6, 6.07) is -4.72. The van der Waals surface area contributed by atoms with E-state index >= 15 is 0 Å². The normalized spacial score (nSPS) is 14.1. The van der Waals surface area contributed by atoms with Crippen LogP contribution in [-0.4, -0.2) is 96.0 Å². The van der Waals surface area contributed by atoms with Gasteiger partial charge in [0.05, 0.1) is 18.7 Å². The van der Waals surface area contributed by atoms with Gasteiger partial charge in [0, 0.05) is 43.0 Å². The van der Waals surface area contributed by atoms with Crippen LogP contribution in [0.1, 0.15) is 30.7 Å². The van der Waals surface area contributed by atoms with Crippen molar-refractivity contribution in [2.24, 2.45) is 5.73 Å². The molecule has 0 spiro atoms. The molecule has 4 unspecified atom stereocenters. The molecule has 15 nitrogen and oxygen atoms in total. The maximum Gasteiger partial charge on any atom is 0.326 e. The summed E-state index contributed by atoms with van der Waals surface area (Å²) >= 11 is 1.45. The first-order valence-corrected chi connectivity index (χ1v) is 13.0. The number of carboxylic acids is 2. The van der Waals surface area contributed by atoms with Crippen molar-refractivity contribution in [1.82, 2.24) is 35.9 Å². The number of carboxylic acid groups (broad SMARTS) is 2. The molecule has 2 heterocycles. The van der Waals surface area contributed by atoms with E-state index in [9.17, 15) is 29.1 Å². The first kappa shape index (κ1) is 30.3. The van der Waals surface area contributed by atoms with Crippen molar-refractivity contribution in [2.75, 3.05) is 12.0 Å². The highest BCUT2D eigenvalue weighted by Crippen LogP contribution is 2.07. The first-order chi connectivity index (χ1) is 18.1. The molecule has 2 rings (SSSR count). The van der Waals surface area contributed by atoms with E-state index in [4.69, 9.17) is 10.8 Å². The maximum absolute atomic E-state index is 13.2. The molecule has 0 radical (unpaired) electrons. The Morgan fingerprint density at radius 3 is 1.95 bits per heavy atom. The fraction of sp³-hybridized carbons (Fsp3) is 0.500. The summed E-state index contributed by atoms with van der Waals surface area (Å²) in [6.45, 7) is 0. The number of nitrogens with one attached hydrogen (secondary N) is 5. The lowest BCUT2D eigenvalue weighted by Gasteiger charge is -2.25. The Morgan fingerprint density at radius 2 is 1.42 bits per heavy atom. The minimum absolute atomic E-state index is 0.0641. The molecule has 0 aliphatic carbocycles. The molecule has 0 saturated heterocycles. The third kappa shape index (κ3) is 10.2. The Kier molecular flexibility index (Phi) is 12.2. The molecule has 208 valence electrons. The van der Waals surface area contributed by atoms with Crippen LogP contribution in [-0.2, 0) is 36.8 Å². The van der Waals surface area contributed by atoms with Crippen LogP contribution in [0.4, 0.5) is 0 Å². The zero-order valence-corrected chi connectivity index (χ0v) is 21.5. The number of carbonyl (C=O) groups is 5. The quantitative estimate of drug-likeness (QED) is 0.111. The largest absolute Gasteiger partial charge is 0.481 e. The number of hydrogen-bond donors (Lipinski definition) is 8. The highest BCUT2D eigenvalue weighted by atomic mass is 32.2. The zero-order chi connectivity index (χ0) is 28.1. The number of thioether (sulfide) groups is 1. The number of carbonyl (C=O) groups excluding carboxylic acids is 3. The lowest BCUT2D eigenvalue weighted by molar-refractivity contribution is -0.143. The zero-order valence-electron chi connectivity index (χ0n) is 20.7. The predicted molar refractivity (Wildman–Crippen MR) is 136 cm³/mol. The molecule has 16 heteroatoms. The number of imidazole rings is 2. The van der Waals surface area contributed by atoms with Crippen LogP contribution in [0.25, 0.3) is 0 Å². The van der Waals surface area contributed by atoms with Gasteiger partial charge in [-0.25, -0.2) is 14.8 Å². The van der Waals surface area contributed by atoms with E-state index < -0.39 is 60.2 Å². The first-order valence-electron chi connectivity index (χ1n) is 11.6. The molecule has 4 atom stereocenters. The van der Waals surface area contributed by atoms with E-state index in [0.29, 0.717) is 17.1 Å². The molecule has 3 amide bonds. The smallest absolute Gasteiger partial charge is 0.326 e. The van der Waals surface area contributed by atoms with Crippen LogP contribution in [0.2, 0.25) is 0 Å². The Labute approximate surface area is 222 Å². The summed E-state index contributed by atoms with van der Waals surface area (Å²) in [5.41, 5.74) is 7.11. The molecule has 0 bridgehead atoms.